The molecule has 1 aliphatic rings. The summed E-state index contributed by atoms with van der Waals surface area (Å²) < 4.78 is 33.4. The molecule has 4 atom stereocenters. The average Bonchev–Trinajstić information content (AvgIpc) is 3.03. The van der Waals surface area contributed by atoms with E-state index in [1.165, 1.54) is 24.3 Å². The number of sulfonamides is 1. The second kappa shape index (κ2) is 9.53. The second-order valence-corrected chi connectivity index (χ2v) is 9.29. The summed E-state index contributed by atoms with van der Waals surface area (Å²) in [6.07, 6.45) is -2.35. The second-order valence-electron chi connectivity index (χ2n) is 7.08. The van der Waals surface area contributed by atoms with Gasteiger partial charge < -0.3 is 14.9 Å². The summed E-state index contributed by atoms with van der Waals surface area (Å²) in [5.41, 5.74) is 1.05. The van der Waals surface area contributed by atoms with Gasteiger partial charge in [-0.15, -0.1) is 0 Å². The van der Waals surface area contributed by atoms with Crippen molar-refractivity contribution in [1.82, 2.24) is 9.62 Å². The van der Waals surface area contributed by atoms with Gasteiger partial charge in [0.25, 0.3) is 0 Å². The van der Waals surface area contributed by atoms with E-state index in [2.05, 4.69) is 4.72 Å². The smallest absolute Gasteiger partial charge is 0.240 e. The summed E-state index contributed by atoms with van der Waals surface area (Å²) in [6, 6.07) is 15.1. The largest absolute Gasteiger partial charge is 0.394 e. The number of aliphatic hydroxyl groups excluding tert-OH is 2. The van der Waals surface area contributed by atoms with Crippen LogP contribution in [0.5, 0.6) is 0 Å². The number of benzene rings is 2. The van der Waals surface area contributed by atoms with Crippen molar-refractivity contribution in [3.05, 3.63) is 65.2 Å². The summed E-state index contributed by atoms with van der Waals surface area (Å²) in [7, 11) is -1.93. The highest BCUT2D eigenvalue weighted by atomic mass is 35.5. The zero-order valence-electron chi connectivity index (χ0n) is 16.0. The van der Waals surface area contributed by atoms with Gasteiger partial charge in [-0.3, -0.25) is 4.90 Å². The van der Waals surface area contributed by atoms with E-state index in [9.17, 15) is 18.6 Å². The molecule has 0 aliphatic carbocycles. The first-order valence-corrected chi connectivity index (χ1v) is 11.1. The summed E-state index contributed by atoms with van der Waals surface area (Å²) in [5.74, 6) is 0. The van der Waals surface area contributed by atoms with Crippen LogP contribution in [0.3, 0.4) is 0 Å². The summed E-state index contributed by atoms with van der Waals surface area (Å²) in [5, 5.41) is 20.6. The van der Waals surface area contributed by atoms with Crippen LogP contribution in [0.15, 0.2) is 59.5 Å². The van der Waals surface area contributed by atoms with Crippen LogP contribution in [-0.4, -0.2) is 68.1 Å². The van der Waals surface area contributed by atoms with Crippen LogP contribution in [0.2, 0.25) is 5.02 Å². The predicted octanol–water partition coefficient (Wildman–Crippen LogP) is 1.24. The van der Waals surface area contributed by atoms with Crippen molar-refractivity contribution >= 4 is 21.6 Å². The van der Waals surface area contributed by atoms with Crippen molar-refractivity contribution in [3.8, 4) is 0 Å². The lowest BCUT2D eigenvalue weighted by atomic mass is 10.0. The van der Waals surface area contributed by atoms with Crippen molar-refractivity contribution in [2.24, 2.45) is 0 Å². The Morgan fingerprint density at radius 3 is 2.38 bits per heavy atom. The molecule has 158 valence electrons. The predicted molar refractivity (Wildman–Crippen MR) is 110 cm³/mol. The van der Waals surface area contributed by atoms with Gasteiger partial charge in [0, 0.05) is 18.1 Å². The number of hydrogen-bond donors (Lipinski definition) is 3. The van der Waals surface area contributed by atoms with Crippen LogP contribution in [0.4, 0.5) is 0 Å². The SMILES string of the molecule is CN(Cc1ccccc1)[C@H]1[C@H](O)[C@H](CO)O[C@@H]1CNS(=O)(=O)c1ccc(Cl)cc1. The Hall–Kier alpha value is -1.52. The fourth-order valence-corrected chi connectivity index (χ4v) is 4.73. The van der Waals surface area contributed by atoms with Crippen LogP contribution < -0.4 is 4.72 Å². The molecule has 3 rings (SSSR count). The zero-order chi connectivity index (χ0) is 21.0. The van der Waals surface area contributed by atoms with E-state index in [1.54, 1.807) is 0 Å². The fraction of sp³-hybridized carbons (Fsp3) is 0.400. The Bertz CT molecular complexity index is 895. The van der Waals surface area contributed by atoms with E-state index in [-0.39, 0.29) is 18.0 Å². The van der Waals surface area contributed by atoms with E-state index in [0.29, 0.717) is 11.6 Å². The lowest BCUT2D eigenvalue weighted by Gasteiger charge is -2.30. The van der Waals surface area contributed by atoms with E-state index in [0.717, 1.165) is 5.56 Å². The molecule has 0 radical (unpaired) electrons. The number of hydrogen-bond acceptors (Lipinski definition) is 6. The maximum atomic E-state index is 12.6. The van der Waals surface area contributed by atoms with Gasteiger partial charge in [0.1, 0.15) is 12.2 Å². The maximum Gasteiger partial charge on any atom is 0.240 e. The maximum absolute atomic E-state index is 12.6. The molecule has 0 amide bonds. The molecule has 0 bridgehead atoms. The molecule has 1 heterocycles. The van der Waals surface area contributed by atoms with Crippen LogP contribution in [0, 0.1) is 0 Å². The lowest BCUT2D eigenvalue weighted by molar-refractivity contribution is -0.0201. The van der Waals surface area contributed by atoms with Gasteiger partial charge in [-0.2, -0.15) is 0 Å². The van der Waals surface area contributed by atoms with E-state index in [1.807, 2.05) is 42.3 Å². The molecule has 2 aromatic rings. The molecule has 1 saturated heterocycles. The number of likely N-dealkylation sites (N-methyl/N-ethyl adjacent to an activating group) is 1. The Morgan fingerprint density at radius 1 is 1.10 bits per heavy atom. The molecule has 1 aliphatic heterocycles. The number of rotatable bonds is 8. The minimum absolute atomic E-state index is 0.0394. The van der Waals surface area contributed by atoms with E-state index in [4.69, 9.17) is 16.3 Å². The molecular formula is C20H25ClN2O5S. The van der Waals surface area contributed by atoms with E-state index >= 15 is 0 Å². The summed E-state index contributed by atoms with van der Waals surface area (Å²) >= 11 is 5.82. The first kappa shape index (κ1) is 22.2. The topological polar surface area (TPSA) is 99.1 Å². The van der Waals surface area contributed by atoms with Crippen molar-refractivity contribution < 1.29 is 23.4 Å². The van der Waals surface area contributed by atoms with Gasteiger partial charge in [-0.1, -0.05) is 41.9 Å². The third-order valence-electron chi connectivity index (χ3n) is 5.02. The first-order chi connectivity index (χ1) is 13.8. The molecule has 9 heteroatoms. The summed E-state index contributed by atoms with van der Waals surface area (Å²) in [6.45, 7) is 0.157. The third kappa shape index (κ3) is 5.35. The highest BCUT2D eigenvalue weighted by Gasteiger charge is 2.45. The Kier molecular flexibility index (Phi) is 7.28. The molecule has 0 aromatic heterocycles. The number of ether oxygens (including phenoxy) is 1. The van der Waals surface area contributed by atoms with Crippen molar-refractivity contribution in [3.63, 3.8) is 0 Å². The summed E-state index contributed by atoms with van der Waals surface area (Å²) in [4.78, 5) is 2.00. The Balaban J connectivity index is 1.72. The Labute approximate surface area is 175 Å². The van der Waals surface area contributed by atoms with Gasteiger partial charge in [0.05, 0.1) is 23.6 Å². The van der Waals surface area contributed by atoms with Gasteiger partial charge >= 0.3 is 0 Å². The quantitative estimate of drug-likeness (QED) is 0.571. The number of halogens is 1. The van der Waals surface area contributed by atoms with Crippen LogP contribution in [-0.2, 0) is 21.3 Å². The minimum atomic E-state index is -3.77. The van der Waals surface area contributed by atoms with Gasteiger partial charge in [-0.25, -0.2) is 13.1 Å². The first-order valence-electron chi connectivity index (χ1n) is 9.25. The molecule has 0 spiro atoms. The average molecular weight is 441 g/mol. The highest BCUT2D eigenvalue weighted by molar-refractivity contribution is 7.89. The van der Waals surface area contributed by atoms with Crippen LogP contribution in [0.1, 0.15) is 5.56 Å². The molecule has 29 heavy (non-hydrogen) atoms. The number of nitrogens with one attached hydrogen (secondary N) is 1. The molecule has 0 saturated carbocycles. The van der Waals surface area contributed by atoms with Crippen LogP contribution >= 0.6 is 11.6 Å². The molecule has 0 unspecified atom stereocenters. The van der Waals surface area contributed by atoms with Gasteiger partial charge in [0.2, 0.25) is 10.0 Å². The standard InChI is InChI=1S/C20H25ClN2O5S/c1-23(12-14-5-3-2-4-6-14)19-17(28-18(13-24)20(19)25)11-22-29(26,27)16-9-7-15(21)8-10-16/h2-10,17-20,22,24-25H,11-13H2,1H3/t17-,18+,19-,20-/m1/s1. The molecule has 3 N–H and O–H groups in total. The number of nitrogens with zero attached hydrogens (tertiary/aromatic N) is 1. The third-order valence-corrected chi connectivity index (χ3v) is 6.71. The van der Waals surface area contributed by atoms with E-state index < -0.39 is 34.4 Å². The van der Waals surface area contributed by atoms with Crippen molar-refractivity contribution in [1.29, 1.82) is 0 Å². The normalized spacial score (nSPS) is 24.9. The van der Waals surface area contributed by atoms with Gasteiger partial charge in [0.15, 0.2) is 0 Å². The Morgan fingerprint density at radius 2 is 1.76 bits per heavy atom. The van der Waals surface area contributed by atoms with Gasteiger partial charge in [-0.05, 0) is 36.9 Å². The zero-order valence-corrected chi connectivity index (χ0v) is 17.6. The molecule has 1 fully saturated rings. The highest BCUT2D eigenvalue weighted by Crippen LogP contribution is 2.26. The van der Waals surface area contributed by atoms with Crippen molar-refractivity contribution in [2.75, 3.05) is 20.2 Å². The molecule has 2 aromatic carbocycles. The fourth-order valence-electron chi connectivity index (χ4n) is 3.56. The number of aliphatic hydroxyl groups is 2. The van der Waals surface area contributed by atoms with Crippen molar-refractivity contribution in [2.45, 2.75) is 35.8 Å². The minimum Gasteiger partial charge on any atom is -0.394 e. The monoisotopic (exact) mass is 440 g/mol. The molecular weight excluding hydrogens is 416 g/mol. The lowest BCUT2D eigenvalue weighted by Crippen LogP contribution is -2.49. The van der Waals surface area contributed by atoms with Crippen LogP contribution in [0.25, 0.3) is 0 Å². The molecule has 7 nitrogen and oxygen atoms in total.